The Morgan fingerprint density at radius 3 is 2.29 bits per heavy atom. The number of benzene rings is 3. The number of nitro groups is 1. The molecule has 4 aromatic rings. The predicted octanol–water partition coefficient (Wildman–Crippen LogP) is 4.87. The van der Waals surface area contributed by atoms with Gasteiger partial charge in [0.05, 0.1) is 16.7 Å². The van der Waals surface area contributed by atoms with Gasteiger partial charge >= 0.3 is 0 Å². The fourth-order valence-corrected chi connectivity index (χ4v) is 3.92. The van der Waals surface area contributed by atoms with Crippen molar-refractivity contribution >= 4 is 17.3 Å². The van der Waals surface area contributed by atoms with Gasteiger partial charge in [-0.3, -0.25) is 24.9 Å². The van der Waals surface area contributed by atoms with Crippen LogP contribution < -0.4 is 4.90 Å². The molecule has 0 bridgehead atoms. The second-order valence-electron chi connectivity index (χ2n) is 7.13. The molecule has 0 fully saturated rings. The number of halogens is 1. The lowest BCUT2D eigenvalue weighted by molar-refractivity contribution is -0.384. The number of fused-ring (bicyclic) bond motifs is 1. The molecule has 1 aliphatic rings. The number of non-ortho nitro benzene ring substituents is 1. The summed E-state index contributed by atoms with van der Waals surface area (Å²) in [7, 11) is 0. The van der Waals surface area contributed by atoms with Gasteiger partial charge in [-0.2, -0.15) is 5.10 Å². The van der Waals surface area contributed by atoms with Gasteiger partial charge < -0.3 is 0 Å². The quantitative estimate of drug-likeness (QED) is 0.381. The van der Waals surface area contributed by atoms with E-state index in [9.17, 15) is 19.3 Å². The van der Waals surface area contributed by atoms with E-state index in [1.807, 2.05) is 30.3 Å². The van der Waals surface area contributed by atoms with Crippen molar-refractivity contribution in [2.24, 2.45) is 0 Å². The first-order chi connectivity index (χ1) is 15.0. The van der Waals surface area contributed by atoms with Crippen molar-refractivity contribution in [3.8, 4) is 11.3 Å². The molecule has 3 aromatic carbocycles. The zero-order valence-corrected chi connectivity index (χ0v) is 16.0. The van der Waals surface area contributed by atoms with Crippen molar-refractivity contribution in [1.29, 1.82) is 0 Å². The summed E-state index contributed by atoms with van der Waals surface area (Å²) in [6, 6.07) is 20.6. The Labute approximate surface area is 175 Å². The highest BCUT2D eigenvalue weighted by atomic mass is 19.1. The third-order valence-electron chi connectivity index (χ3n) is 5.34. The van der Waals surface area contributed by atoms with Gasteiger partial charge in [0, 0.05) is 28.9 Å². The number of hydrogen-bond donors (Lipinski definition) is 1. The zero-order chi connectivity index (χ0) is 21.5. The Balaban J connectivity index is 1.70. The molecule has 5 rings (SSSR count). The minimum atomic E-state index is -0.551. The van der Waals surface area contributed by atoms with Crippen LogP contribution in [0.2, 0.25) is 0 Å². The van der Waals surface area contributed by atoms with Crippen molar-refractivity contribution in [3.05, 3.63) is 112 Å². The smallest absolute Gasteiger partial charge is 0.277 e. The number of aromatic amines is 1. The van der Waals surface area contributed by atoms with E-state index in [-0.39, 0.29) is 17.4 Å². The summed E-state index contributed by atoms with van der Waals surface area (Å²) < 4.78 is 13.4. The van der Waals surface area contributed by atoms with Gasteiger partial charge in [0.1, 0.15) is 11.5 Å². The molecule has 1 atom stereocenters. The molecular formula is C23H15FN4O3. The highest BCUT2D eigenvalue weighted by Crippen LogP contribution is 2.45. The Bertz CT molecular complexity index is 1280. The number of anilines is 1. The second kappa shape index (κ2) is 7.17. The lowest BCUT2D eigenvalue weighted by Gasteiger charge is -2.26. The molecule has 0 saturated carbocycles. The van der Waals surface area contributed by atoms with E-state index in [4.69, 9.17) is 0 Å². The number of nitro benzene ring substituents is 1. The summed E-state index contributed by atoms with van der Waals surface area (Å²) in [6.07, 6.45) is 0. The average Bonchev–Trinajstić information content (AvgIpc) is 3.34. The molecule has 0 spiro atoms. The van der Waals surface area contributed by atoms with Gasteiger partial charge in [-0.1, -0.05) is 18.2 Å². The molecular weight excluding hydrogens is 399 g/mol. The van der Waals surface area contributed by atoms with Crippen LogP contribution in [0.4, 0.5) is 15.8 Å². The molecule has 0 aliphatic carbocycles. The van der Waals surface area contributed by atoms with Crippen LogP contribution in [0.5, 0.6) is 0 Å². The maximum Gasteiger partial charge on any atom is 0.277 e. The van der Waals surface area contributed by atoms with Gasteiger partial charge in [0.25, 0.3) is 11.6 Å². The molecule has 7 nitrogen and oxygen atoms in total. The number of carbonyl (C=O) groups excluding carboxylic acids is 1. The fourth-order valence-electron chi connectivity index (χ4n) is 3.92. The van der Waals surface area contributed by atoms with E-state index in [1.165, 1.54) is 24.3 Å². The van der Waals surface area contributed by atoms with Crippen LogP contribution in [0, 0.1) is 15.9 Å². The molecule has 0 saturated heterocycles. The number of H-pyrrole nitrogens is 1. The van der Waals surface area contributed by atoms with Crippen LogP contribution >= 0.6 is 0 Å². The van der Waals surface area contributed by atoms with E-state index in [0.29, 0.717) is 33.8 Å². The lowest BCUT2D eigenvalue weighted by atomic mass is 9.95. The lowest BCUT2D eigenvalue weighted by Crippen LogP contribution is -2.29. The molecule has 1 amide bonds. The average molecular weight is 414 g/mol. The molecule has 0 radical (unpaired) electrons. The molecule has 2 heterocycles. The van der Waals surface area contributed by atoms with Crippen LogP contribution in [0.1, 0.15) is 27.7 Å². The SMILES string of the molecule is O=C1c2[nH]nc(-c3ccc(F)cc3)c2[C@@H](c2ccc([N+](=O)[O-])cc2)N1c1ccccc1. The molecule has 1 N–H and O–H groups in total. The third-order valence-corrected chi connectivity index (χ3v) is 5.34. The molecule has 8 heteroatoms. The standard InChI is InChI=1S/C23H15FN4O3/c24-16-10-6-14(7-11-16)20-19-21(26-25-20)23(29)27(17-4-2-1-3-5-17)22(19)15-8-12-18(13-9-15)28(30)31/h1-13,22H,(H,25,26)/t22-/m1/s1. The topological polar surface area (TPSA) is 92.1 Å². The number of nitrogens with one attached hydrogen (secondary N) is 1. The highest BCUT2D eigenvalue weighted by molar-refractivity contribution is 6.11. The number of rotatable bonds is 4. The van der Waals surface area contributed by atoms with Crippen LogP contribution in [0.25, 0.3) is 11.3 Å². The number of nitrogens with zero attached hydrogens (tertiary/aromatic N) is 3. The molecule has 1 aromatic heterocycles. The molecule has 1 aliphatic heterocycles. The molecule has 152 valence electrons. The monoisotopic (exact) mass is 414 g/mol. The first-order valence-electron chi connectivity index (χ1n) is 9.52. The van der Waals surface area contributed by atoms with Gasteiger partial charge in [-0.25, -0.2) is 4.39 Å². The number of aromatic nitrogens is 2. The summed E-state index contributed by atoms with van der Waals surface area (Å²) in [5.74, 6) is -0.629. The summed E-state index contributed by atoms with van der Waals surface area (Å²) in [5.41, 5.74) is 3.53. The maximum atomic E-state index is 13.4. The summed E-state index contributed by atoms with van der Waals surface area (Å²) in [6.45, 7) is 0. The van der Waals surface area contributed by atoms with Gasteiger partial charge in [-0.05, 0) is 54.1 Å². The van der Waals surface area contributed by atoms with Crippen LogP contribution in [0.15, 0.2) is 78.9 Å². The van der Waals surface area contributed by atoms with E-state index >= 15 is 0 Å². The summed E-state index contributed by atoms with van der Waals surface area (Å²) >= 11 is 0. The van der Waals surface area contributed by atoms with Gasteiger partial charge in [0.15, 0.2) is 0 Å². The Kier molecular flexibility index (Phi) is 4.32. The van der Waals surface area contributed by atoms with Crippen LogP contribution in [-0.4, -0.2) is 21.0 Å². The van der Waals surface area contributed by atoms with Crippen molar-refractivity contribution in [2.45, 2.75) is 6.04 Å². The van der Waals surface area contributed by atoms with Crippen molar-refractivity contribution in [1.82, 2.24) is 10.2 Å². The largest absolute Gasteiger partial charge is 0.295 e. The van der Waals surface area contributed by atoms with E-state index < -0.39 is 11.0 Å². The van der Waals surface area contributed by atoms with Crippen LogP contribution in [-0.2, 0) is 0 Å². The van der Waals surface area contributed by atoms with Crippen molar-refractivity contribution < 1.29 is 14.1 Å². The Morgan fingerprint density at radius 1 is 0.968 bits per heavy atom. The zero-order valence-electron chi connectivity index (χ0n) is 16.0. The second-order valence-corrected chi connectivity index (χ2v) is 7.13. The first-order valence-corrected chi connectivity index (χ1v) is 9.52. The normalized spacial score (nSPS) is 15.2. The predicted molar refractivity (Wildman–Crippen MR) is 112 cm³/mol. The summed E-state index contributed by atoms with van der Waals surface area (Å²) in [4.78, 5) is 25.6. The van der Waals surface area contributed by atoms with E-state index in [1.54, 1.807) is 29.2 Å². The maximum absolute atomic E-state index is 13.4. The molecule has 31 heavy (non-hydrogen) atoms. The number of amides is 1. The van der Waals surface area contributed by atoms with Gasteiger partial charge in [-0.15, -0.1) is 0 Å². The first kappa shape index (κ1) is 18.7. The minimum absolute atomic E-state index is 0.0366. The third kappa shape index (κ3) is 3.05. The van der Waals surface area contributed by atoms with Crippen molar-refractivity contribution in [2.75, 3.05) is 4.90 Å². The number of hydrogen-bond acceptors (Lipinski definition) is 4. The molecule has 0 unspecified atom stereocenters. The van der Waals surface area contributed by atoms with Gasteiger partial charge in [0.2, 0.25) is 0 Å². The van der Waals surface area contributed by atoms with E-state index in [2.05, 4.69) is 10.2 Å². The van der Waals surface area contributed by atoms with Crippen LogP contribution in [0.3, 0.4) is 0 Å². The minimum Gasteiger partial charge on any atom is -0.295 e. The highest BCUT2D eigenvalue weighted by Gasteiger charge is 2.43. The van der Waals surface area contributed by atoms with E-state index in [0.717, 1.165) is 0 Å². The summed E-state index contributed by atoms with van der Waals surface area (Å²) in [5, 5.41) is 18.3. The number of para-hydroxylation sites is 1. The number of carbonyl (C=O) groups is 1. The fraction of sp³-hybridized carbons (Fsp3) is 0.0435. The Hall–Kier alpha value is -4.33. The van der Waals surface area contributed by atoms with Crippen molar-refractivity contribution in [3.63, 3.8) is 0 Å². The Morgan fingerprint density at radius 2 is 1.65 bits per heavy atom.